The number of hydrogen-bond acceptors (Lipinski definition) is 3. The highest BCUT2D eigenvalue weighted by atomic mass is 16.6. The number of carbonyl (C=O) groups excluding carboxylic acids is 1. The number of ether oxygens (including phenoxy) is 1. The zero-order chi connectivity index (χ0) is 15.5. The molecule has 0 saturated heterocycles. The van der Waals surface area contributed by atoms with Crippen LogP contribution in [0.3, 0.4) is 0 Å². The molecule has 0 heterocycles. The van der Waals surface area contributed by atoms with E-state index in [9.17, 15) is 4.79 Å². The molecule has 0 aliphatic heterocycles. The van der Waals surface area contributed by atoms with Gasteiger partial charge in [-0.05, 0) is 63.1 Å². The molecule has 4 nitrogen and oxygen atoms in total. The second kappa shape index (κ2) is 6.48. The summed E-state index contributed by atoms with van der Waals surface area (Å²) in [7, 11) is 0. The smallest absolute Gasteiger partial charge is 0.408 e. The maximum absolute atomic E-state index is 11.9. The highest BCUT2D eigenvalue weighted by molar-refractivity contribution is 5.68. The third kappa shape index (κ3) is 4.46. The number of nitrogens with one attached hydrogen (secondary N) is 1. The van der Waals surface area contributed by atoms with Gasteiger partial charge in [-0.15, -0.1) is 0 Å². The summed E-state index contributed by atoms with van der Waals surface area (Å²) >= 11 is 0. The first kappa shape index (κ1) is 15.8. The maximum Gasteiger partial charge on any atom is 0.408 e. The molecule has 1 atom stereocenters. The Morgan fingerprint density at radius 3 is 2.86 bits per heavy atom. The number of benzene rings is 1. The Kier molecular flexibility index (Phi) is 4.88. The molecule has 2 rings (SSSR count). The van der Waals surface area contributed by atoms with Gasteiger partial charge in [0.1, 0.15) is 5.60 Å². The van der Waals surface area contributed by atoms with E-state index in [0.717, 1.165) is 24.8 Å². The fourth-order valence-electron chi connectivity index (χ4n) is 2.75. The van der Waals surface area contributed by atoms with Crippen LogP contribution in [0.15, 0.2) is 18.2 Å². The van der Waals surface area contributed by atoms with E-state index in [4.69, 9.17) is 9.84 Å². The van der Waals surface area contributed by atoms with Gasteiger partial charge in [0.25, 0.3) is 0 Å². The van der Waals surface area contributed by atoms with Crippen LogP contribution in [0.5, 0.6) is 0 Å². The van der Waals surface area contributed by atoms with E-state index >= 15 is 0 Å². The van der Waals surface area contributed by atoms with E-state index in [2.05, 4.69) is 17.4 Å². The van der Waals surface area contributed by atoms with Crippen molar-refractivity contribution in [1.29, 1.82) is 0 Å². The molecule has 1 amide bonds. The fourth-order valence-corrected chi connectivity index (χ4v) is 2.75. The van der Waals surface area contributed by atoms with Crippen LogP contribution in [0.4, 0.5) is 4.79 Å². The molecule has 4 heteroatoms. The average Bonchev–Trinajstić information content (AvgIpc) is 2.37. The van der Waals surface area contributed by atoms with Crippen molar-refractivity contribution in [2.45, 2.75) is 58.1 Å². The number of aryl methyl sites for hydroxylation is 1. The van der Waals surface area contributed by atoms with Crippen molar-refractivity contribution >= 4 is 6.09 Å². The summed E-state index contributed by atoms with van der Waals surface area (Å²) in [6.45, 7) is 5.76. The van der Waals surface area contributed by atoms with Crippen molar-refractivity contribution in [1.82, 2.24) is 5.32 Å². The lowest BCUT2D eigenvalue weighted by Gasteiger charge is -2.28. The SMILES string of the molecule is CC(C)(C)OC(=O)NC1CCCc2cc(CCO)ccc21. The number of amides is 1. The van der Waals surface area contributed by atoms with Gasteiger partial charge in [0.15, 0.2) is 0 Å². The van der Waals surface area contributed by atoms with Crippen LogP contribution >= 0.6 is 0 Å². The molecule has 0 saturated carbocycles. The van der Waals surface area contributed by atoms with Gasteiger partial charge in [-0.1, -0.05) is 18.2 Å². The lowest BCUT2D eigenvalue weighted by Crippen LogP contribution is -2.36. The molecule has 1 aliphatic rings. The molecule has 21 heavy (non-hydrogen) atoms. The predicted octanol–water partition coefficient (Wildman–Crippen LogP) is 3.12. The van der Waals surface area contributed by atoms with Gasteiger partial charge in [-0.2, -0.15) is 0 Å². The average molecular weight is 291 g/mol. The number of carbonyl (C=O) groups is 1. The molecular weight excluding hydrogens is 266 g/mol. The minimum atomic E-state index is -0.480. The van der Waals surface area contributed by atoms with Gasteiger partial charge < -0.3 is 15.2 Å². The molecule has 0 bridgehead atoms. The van der Waals surface area contributed by atoms with Crippen molar-refractivity contribution in [3.05, 3.63) is 34.9 Å². The van der Waals surface area contributed by atoms with Crippen LogP contribution in [0, 0.1) is 0 Å². The van der Waals surface area contributed by atoms with Crippen LogP contribution in [0.1, 0.15) is 56.3 Å². The van der Waals surface area contributed by atoms with Crippen LogP contribution in [-0.2, 0) is 17.6 Å². The van der Waals surface area contributed by atoms with Crippen LogP contribution < -0.4 is 5.32 Å². The Labute approximate surface area is 126 Å². The summed E-state index contributed by atoms with van der Waals surface area (Å²) in [6.07, 6.45) is 3.33. The highest BCUT2D eigenvalue weighted by Gasteiger charge is 2.24. The van der Waals surface area contributed by atoms with E-state index < -0.39 is 5.60 Å². The molecule has 0 spiro atoms. The molecule has 0 fully saturated rings. The third-order valence-electron chi connectivity index (χ3n) is 3.61. The summed E-state index contributed by atoms with van der Waals surface area (Å²) in [4.78, 5) is 11.9. The van der Waals surface area contributed by atoms with Crippen molar-refractivity contribution in [2.75, 3.05) is 6.61 Å². The number of fused-ring (bicyclic) bond motifs is 1. The van der Waals surface area contributed by atoms with Crippen molar-refractivity contribution in [3.8, 4) is 0 Å². The number of aliphatic hydroxyl groups is 1. The minimum absolute atomic E-state index is 0.0202. The molecule has 0 aromatic heterocycles. The Bertz CT molecular complexity index is 505. The topological polar surface area (TPSA) is 58.6 Å². The number of alkyl carbamates (subject to hydrolysis) is 1. The van der Waals surface area contributed by atoms with Gasteiger partial charge in [0.05, 0.1) is 6.04 Å². The zero-order valence-electron chi connectivity index (χ0n) is 13.1. The van der Waals surface area contributed by atoms with E-state index in [1.165, 1.54) is 11.1 Å². The fraction of sp³-hybridized carbons (Fsp3) is 0.588. The first-order chi connectivity index (χ1) is 9.89. The van der Waals surface area contributed by atoms with Gasteiger partial charge in [-0.25, -0.2) is 4.79 Å². The molecule has 2 N–H and O–H groups in total. The highest BCUT2D eigenvalue weighted by Crippen LogP contribution is 2.30. The summed E-state index contributed by atoms with van der Waals surface area (Å²) in [5.41, 5.74) is 3.11. The van der Waals surface area contributed by atoms with Gasteiger partial charge >= 0.3 is 6.09 Å². The summed E-state index contributed by atoms with van der Waals surface area (Å²) in [6, 6.07) is 6.27. The normalized spacial score (nSPS) is 18.0. The van der Waals surface area contributed by atoms with Crippen LogP contribution in [0.2, 0.25) is 0 Å². The van der Waals surface area contributed by atoms with Crippen LogP contribution in [-0.4, -0.2) is 23.4 Å². The molecule has 0 radical (unpaired) electrons. The Balaban J connectivity index is 2.09. The number of rotatable bonds is 3. The molecule has 116 valence electrons. The Hall–Kier alpha value is -1.55. The van der Waals surface area contributed by atoms with E-state index in [1.807, 2.05) is 26.8 Å². The second-order valence-electron chi connectivity index (χ2n) is 6.60. The molecular formula is C17H25NO3. The largest absolute Gasteiger partial charge is 0.444 e. The first-order valence-corrected chi connectivity index (χ1v) is 7.61. The summed E-state index contributed by atoms with van der Waals surface area (Å²) < 4.78 is 5.33. The maximum atomic E-state index is 11.9. The van der Waals surface area contributed by atoms with E-state index in [-0.39, 0.29) is 18.7 Å². The quantitative estimate of drug-likeness (QED) is 0.899. The minimum Gasteiger partial charge on any atom is -0.444 e. The Morgan fingerprint density at radius 2 is 2.19 bits per heavy atom. The molecule has 1 aromatic rings. The van der Waals surface area contributed by atoms with Gasteiger partial charge in [-0.3, -0.25) is 0 Å². The predicted molar refractivity (Wildman–Crippen MR) is 82.3 cm³/mol. The van der Waals surface area contributed by atoms with E-state index in [0.29, 0.717) is 6.42 Å². The molecule has 1 aromatic carbocycles. The standard InChI is InChI=1S/C17H25NO3/c1-17(2,3)21-16(20)18-15-6-4-5-13-11-12(9-10-19)7-8-14(13)15/h7-8,11,15,19H,4-6,9-10H2,1-3H3,(H,18,20). The zero-order valence-corrected chi connectivity index (χ0v) is 13.1. The van der Waals surface area contributed by atoms with Crippen molar-refractivity contribution in [3.63, 3.8) is 0 Å². The first-order valence-electron chi connectivity index (χ1n) is 7.61. The monoisotopic (exact) mass is 291 g/mol. The van der Waals surface area contributed by atoms with Crippen LogP contribution in [0.25, 0.3) is 0 Å². The second-order valence-corrected chi connectivity index (χ2v) is 6.60. The van der Waals surface area contributed by atoms with Crippen molar-refractivity contribution < 1.29 is 14.6 Å². The Morgan fingerprint density at radius 1 is 1.43 bits per heavy atom. The lowest BCUT2D eigenvalue weighted by atomic mass is 9.86. The third-order valence-corrected chi connectivity index (χ3v) is 3.61. The van der Waals surface area contributed by atoms with Gasteiger partial charge in [0.2, 0.25) is 0 Å². The summed E-state index contributed by atoms with van der Waals surface area (Å²) in [5, 5.41) is 12.0. The lowest BCUT2D eigenvalue weighted by molar-refractivity contribution is 0.0498. The number of aliphatic hydroxyl groups excluding tert-OH is 1. The number of hydrogen-bond donors (Lipinski definition) is 2. The van der Waals surface area contributed by atoms with Crippen molar-refractivity contribution in [2.24, 2.45) is 0 Å². The van der Waals surface area contributed by atoms with Gasteiger partial charge in [0, 0.05) is 6.61 Å². The van der Waals surface area contributed by atoms with E-state index in [1.54, 1.807) is 0 Å². The summed E-state index contributed by atoms with van der Waals surface area (Å²) in [5.74, 6) is 0. The molecule has 1 unspecified atom stereocenters. The molecule has 1 aliphatic carbocycles.